The third kappa shape index (κ3) is 3.57. The summed E-state index contributed by atoms with van der Waals surface area (Å²) >= 11 is 0. The zero-order valence-electron chi connectivity index (χ0n) is 15.4. The Kier molecular flexibility index (Phi) is 5.26. The van der Waals surface area contributed by atoms with Gasteiger partial charge in [-0.3, -0.25) is 9.59 Å². The first-order chi connectivity index (χ1) is 12.5. The Bertz CT molecular complexity index is 816. The van der Waals surface area contributed by atoms with Crippen molar-refractivity contribution >= 4 is 23.2 Å². The van der Waals surface area contributed by atoms with Crippen LogP contribution >= 0.6 is 0 Å². The lowest BCUT2D eigenvalue weighted by atomic mass is 10.0. The molecule has 0 aromatic heterocycles. The molecule has 2 amide bonds. The minimum atomic E-state index is -0.382. The van der Waals surface area contributed by atoms with Crippen molar-refractivity contribution in [3.05, 3.63) is 54.1 Å². The Morgan fingerprint density at radius 2 is 1.85 bits per heavy atom. The van der Waals surface area contributed by atoms with Gasteiger partial charge < -0.3 is 15.0 Å². The zero-order valence-corrected chi connectivity index (χ0v) is 15.4. The van der Waals surface area contributed by atoms with E-state index in [0.717, 1.165) is 11.3 Å². The van der Waals surface area contributed by atoms with Gasteiger partial charge in [0.25, 0.3) is 0 Å². The predicted molar refractivity (Wildman–Crippen MR) is 103 cm³/mol. The fourth-order valence-corrected chi connectivity index (χ4v) is 3.32. The van der Waals surface area contributed by atoms with Crippen molar-refractivity contribution in [2.75, 3.05) is 23.9 Å². The molecule has 2 aromatic carbocycles. The van der Waals surface area contributed by atoms with Crippen molar-refractivity contribution in [1.29, 1.82) is 0 Å². The molecule has 0 aliphatic carbocycles. The van der Waals surface area contributed by atoms with Crippen LogP contribution in [0.3, 0.4) is 0 Å². The summed E-state index contributed by atoms with van der Waals surface area (Å²) in [5.41, 5.74) is 2.64. The van der Waals surface area contributed by atoms with Crippen molar-refractivity contribution < 1.29 is 14.3 Å². The first-order valence-electron chi connectivity index (χ1n) is 8.84. The number of ether oxygens (including phenoxy) is 1. The highest BCUT2D eigenvalue weighted by molar-refractivity contribution is 6.04. The fourth-order valence-electron chi connectivity index (χ4n) is 3.32. The minimum Gasteiger partial charge on any atom is -0.495 e. The van der Waals surface area contributed by atoms with E-state index in [1.165, 1.54) is 0 Å². The van der Waals surface area contributed by atoms with E-state index in [9.17, 15) is 9.59 Å². The Balaban J connectivity index is 1.77. The normalized spacial score (nSPS) is 16.8. The van der Waals surface area contributed by atoms with Gasteiger partial charge in [0, 0.05) is 18.7 Å². The molecule has 5 heteroatoms. The van der Waals surface area contributed by atoms with Crippen molar-refractivity contribution in [2.45, 2.75) is 26.2 Å². The van der Waals surface area contributed by atoms with Crippen molar-refractivity contribution in [1.82, 2.24) is 0 Å². The van der Waals surface area contributed by atoms with Gasteiger partial charge in [0.05, 0.1) is 18.7 Å². The molecule has 3 rings (SSSR count). The summed E-state index contributed by atoms with van der Waals surface area (Å²) in [6.07, 6.45) is 0.216. The first-order valence-corrected chi connectivity index (χ1v) is 8.84. The van der Waals surface area contributed by atoms with Gasteiger partial charge in [-0.1, -0.05) is 44.2 Å². The average molecular weight is 352 g/mol. The first kappa shape index (κ1) is 18.0. The molecule has 1 atom stereocenters. The Hall–Kier alpha value is -2.82. The highest BCUT2D eigenvalue weighted by Crippen LogP contribution is 2.33. The van der Waals surface area contributed by atoms with E-state index in [4.69, 9.17) is 4.74 Å². The van der Waals surface area contributed by atoms with Gasteiger partial charge in [-0.05, 0) is 29.7 Å². The molecule has 2 aromatic rings. The van der Waals surface area contributed by atoms with Crippen LogP contribution in [0.25, 0.3) is 0 Å². The molecule has 1 heterocycles. The maximum absolute atomic E-state index is 12.7. The van der Waals surface area contributed by atoms with Crippen molar-refractivity contribution in [3.63, 3.8) is 0 Å². The second-order valence-corrected chi connectivity index (χ2v) is 6.81. The summed E-state index contributed by atoms with van der Waals surface area (Å²) in [5, 5.41) is 2.89. The molecule has 1 N–H and O–H groups in total. The van der Waals surface area contributed by atoms with E-state index in [1.807, 2.05) is 36.4 Å². The van der Waals surface area contributed by atoms with E-state index in [0.29, 0.717) is 23.9 Å². The highest BCUT2D eigenvalue weighted by Gasteiger charge is 2.36. The fraction of sp³-hybridized carbons (Fsp3) is 0.333. The van der Waals surface area contributed by atoms with Crippen LogP contribution in [0.2, 0.25) is 0 Å². The Labute approximate surface area is 154 Å². The van der Waals surface area contributed by atoms with Crippen LogP contribution in [0.15, 0.2) is 48.5 Å². The number of para-hydroxylation sites is 3. The van der Waals surface area contributed by atoms with Crippen molar-refractivity contribution in [2.24, 2.45) is 5.92 Å². The third-order valence-electron chi connectivity index (χ3n) is 4.71. The van der Waals surface area contributed by atoms with Gasteiger partial charge in [0.1, 0.15) is 5.75 Å². The summed E-state index contributed by atoms with van der Waals surface area (Å²) in [6.45, 7) is 4.60. The molecule has 5 nitrogen and oxygen atoms in total. The van der Waals surface area contributed by atoms with Crippen LogP contribution in [0.1, 0.15) is 31.7 Å². The molecule has 1 unspecified atom stereocenters. The molecule has 0 bridgehead atoms. The van der Waals surface area contributed by atoms with Crippen LogP contribution in [0.4, 0.5) is 11.4 Å². The maximum Gasteiger partial charge on any atom is 0.229 e. The number of rotatable bonds is 5. The lowest BCUT2D eigenvalue weighted by molar-refractivity contribution is -0.122. The quantitative estimate of drug-likeness (QED) is 0.890. The average Bonchev–Trinajstić information content (AvgIpc) is 3.04. The molecule has 1 aliphatic rings. The molecule has 0 saturated carbocycles. The summed E-state index contributed by atoms with van der Waals surface area (Å²) < 4.78 is 5.27. The van der Waals surface area contributed by atoms with Crippen LogP contribution in [-0.4, -0.2) is 25.5 Å². The van der Waals surface area contributed by atoms with Gasteiger partial charge in [0.2, 0.25) is 11.8 Å². The van der Waals surface area contributed by atoms with Crippen molar-refractivity contribution in [3.8, 4) is 5.75 Å². The number of methoxy groups -OCH3 is 1. The molecule has 0 radical (unpaired) electrons. The number of nitrogens with one attached hydrogen (secondary N) is 1. The lowest BCUT2D eigenvalue weighted by Gasteiger charge is -2.22. The summed E-state index contributed by atoms with van der Waals surface area (Å²) in [4.78, 5) is 27.0. The van der Waals surface area contributed by atoms with Crippen LogP contribution in [0.5, 0.6) is 5.75 Å². The number of nitrogens with zero attached hydrogens (tertiary/aromatic N) is 1. The molecule has 26 heavy (non-hydrogen) atoms. The summed E-state index contributed by atoms with van der Waals surface area (Å²) in [6, 6.07) is 15.2. The largest absolute Gasteiger partial charge is 0.495 e. The van der Waals surface area contributed by atoms with Crippen LogP contribution in [-0.2, 0) is 9.59 Å². The molecular weight excluding hydrogens is 328 g/mol. The second-order valence-electron chi connectivity index (χ2n) is 6.81. The van der Waals surface area contributed by atoms with Crippen LogP contribution in [0, 0.1) is 5.92 Å². The topological polar surface area (TPSA) is 58.6 Å². The molecule has 136 valence electrons. The van der Waals surface area contributed by atoms with Gasteiger partial charge in [0.15, 0.2) is 0 Å². The van der Waals surface area contributed by atoms with E-state index >= 15 is 0 Å². The molecule has 1 saturated heterocycles. The number of amides is 2. The van der Waals surface area contributed by atoms with E-state index in [2.05, 4.69) is 19.2 Å². The predicted octanol–water partition coefficient (Wildman–Crippen LogP) is 3.81. The Morgan fingerprint density at radius 1 is 1.15 bits per heavy atom. The van der Waals surface area contributed by atoms with Gasteiger partial charge >= 0.3 is 0 Å². The molecule has 0 spiro atoms. The smallest absolute Gasteiger partial charge is 0.229 e. The van der Waals surface area contributed by atoms with E-state index < -0.39 is 0 Å². The SMILES string of the molecule is COc1ccccc1NC(=O)C1CC(=O)N(c2ccccc2C(C)C)C1. The van der Waals surface area contributed by atoms with Gasteiger partial charge in [-0.25, -0.2) is 0 Å². The Morgan fingerprint density at radius 3 is 2.58 bits per heavy atom. The number of benzene rings is 2. The zero-order chi connectivity index (χ0) is 18.7. The molecular formula is C21H24N2O3. The monoisotopic (exact) mass is 352 g/mol. The minimum absolute atomic E-state index is 0.0155. The number of hydrogen-bond acceptors (Lipinski definition) is 3. The number of carbonyl (C=O) groups is 2. The lowest BCUT2D eigenvalue weighted by Crippen LogP contribution is -2.29. The molecule has 1 aliphatic heterocycles. The standard InChI is InChI=1S/C21H24N2O3/c1-14(2)16-8-4-6-10-18(16)23-13-15(12-20(23)24)21(25)22-17-9-5-7-11-19(17)26-3/h4-11,14-15H,12-13H2,1-3H3,(H,22,25). The maximum atomic E-state index is 12.7. The molecule has 1 fully saturated rings. The number of hydrogen-bond donors (Lipinski definition) is 1. The number of anilines is 2. The summed E-state index contributed by atoms with van der Waals surface area (Å²) in [5.74, 6) is 0.353. The number of carbonyl (C=O) groups excluding carboxylic acids is 2. The highest BCUT2D eigenvalue weighted by atomic mass is 16.5. The van der Waals surface area contributed by atoms with E-state index in [1.54, 1.807) is 24.1 Å². The third-order valence-corrected chi connectivity index (χ3v) is 4.71. The van der Waals surface area contributed by atoms with E-state index in [-0.39, 0.29) is 24.2 Å². The van der Waals surface area contributed by atoms with Gasteiger partial charge in [-0.15, -0.1) is 0 Å². The van der Waals surface area contributed by atoms with Gasteiger partial charge in [-0.2, -0.15) is 0 Å². The van der Waals surface area contributed by atoms with Crippen LogP contribution < -0.4 is 15.0 Å². The second kappa shape index (κ2) is 7.60. The summed E-state index contributed by atoms with van der Waals surface area (Å²) in [7, 11) is 1.56.